The van der Waals surface area contributed by atoms with Crippen LogP contribution in [0.4, 0.5) is 5.82 Å². The second-order valence-corrected chi connectivity index (χ2v) is 6.61. The van der Waals surface area contributed by atoms with E-state index in [1.807, 2.05) is 24.4 Å². The molecule has 0 spiro atoms. The number of guanidine groups is 1. The van der Waals surface area contributed by atoms with Gasteiger partial charge in [0, 0.05) is 32.4 Å². The normalized spacial score (nSPS) is 14.3. The lowest BCUT2D eigenvalue weighted by molar-refractivity contribution is 0.414. The first-order chi connectivity index (χ1) is 13.3. The van der Waals surface area contributed by atoms with Crippen LogP contribution in [-0.2, 0) is 13.1 Å². The number of ether oxygens (including phenoxy) is 1. The van der Waals surface area contributed by atoms with Gasteiger partial charge in [0.2, 0.25) is 0 Å². The van der Waals surface area contributed by atoms with E-state index in [2.05, 4.69) is 45.6 Å². The molecule has 0 radical (unpaired) electrons. The molecule has 27 heavy (non-hydrogen) atoms. The molecule has 0 unspecified atom stereocenters. The van der Waals surface area contributed by atoms with Gasteiger partial charge in [-0.3, -0.25) is 0 Å². The number of nitrogens with one attached hydrogen (secondary N) is 2. The highest BCUT2D eigenvalue weighted by Gasteiger charge is 2.13. The van der Waals surface area contributed by atoms with Gasteiger partial charge >= 0.3 is 0 Å². The third-order valence-electron chi connectivity index (χ3n) is 4.62. The fraction of sp³-hybridized carbons (Fsp3) is 0.429. The smallest absolute Gasteiger partial charge is 0.191 e. The SMILES string of the molecule is CCNC(=NCc1ccnc(N2CCCC2)c1)NCc1ccc(OC)cc1. The van der Waals surface area contributed by atoms with E-state index in [0.717, 1.165) is 37.2 Å². The number of anilines is 1. The van der Waals surface area contributed by atoms with E-state index in [1.54, 1.807) is 7.11 Å². The number of methoxy groups -OCH3 is 1. The van der Waals surface area contributed by atoms with Gasteiger partial charge in [0.25, 0.3) is 0 Å². The Balaban J connectivity index is 1.60. The second kappa shape index (κ2) is 9.80. The molecule has 2 aromatic rings. The van der Waals surface area contributed by atoms with Crippen LogP contribution in [0.5, 0.6) is 5.75 Å². The Labute approximate surface area is 161 Å². The molecule has 0 saturated carbocycles. The predicted octanol–water partition coefficient (Wildman–Crippen LogP) is 2.95. The number of benzene rings is 1. The standard InChI is InChI=1S/C21H29N5O/c1-3-22-21(24-15-17-6-8-19(27-2)9-7-17)25-16-18-10-11-23-20(14-18)26-12-4-5-13-26/h6-11,14H,3-5,12-13,15-16H2,1-2H3,(H2,22,24,25). The van der Waals surface area contributed by atoms with E-state index in [0.29, 0.717) is 13.1 Å². The van der Waals surface area contributed by atoms with Crippen LogP contribution in [0.15, 0.2) is 47.6 Å². The highest BCUT2D eigenvalue weighted by molar-refractivity contribution is 5.79. The minimum absolute atomic E-state index is 0.626. The largest absolute Gasteiger partial charge is 0.497 e. The van der Waals surface area contributed by atoms with Crippen molar-refractivity contribution in [1.82, 2.24) is 15.6 Å². The lowest BCUT2D eigenvalue weighted by Gasteiger charge is -2.16. The van der Waals surface area contributed by atoms with Crippen molar-refractivity contribution in [3.63, 3.8) is 0 Å². The van der Waals surface area contributed by atoms with Gasteiger partial charge in [-0.2, -0.15) is 0 Å². The van der Waals surface area contributed by atoms with Crippen LogP contribution in [0.1, 0.15) is 30.9 Å². The summed E-state index contributed by atoms with van der Waals surface area (Å²) in [5.41, 5.74) is 2.36. The number of nitrogens with zero attached hydrogens (tertiary/aromatic N) is 3. The summed E-state index contributed by atoms with van der Waals surface area (Å²) in [7, 11) is 1.68. The zero-order valence-corrected chi connectivity index (χ0v) is 16.2. The molecule has 1 aliphatic rings. The van der Waals surface area contributed by atoms with Gasteiger partial charge in [0.05, 0.1) is 13.7 Å². The maximum atomic E-state index is 5.20. The molecule has 6 nitrogen and oxygen atoms in total. The second-order valence-electron chi connectivity index (χ2n) is 6.61. The summed E-state index contributed by atoms with van der Waals surface area (Å²) in [5.74, 6) is 2.75. The summed E-state index contributed by atoms with van der Waals surface area (Å²) >= 11 is 0. The van der Waals surface area contributed by atoms with Crippen molar-refractivity contribution in [3.8, 4) is 5.75 Å². The van der Waals surface area contributed by atoms with Crippen LogP contribution in [0, 0.1) is 0 Å². The summed E-state index contributed by atoms with van der Waals surface area (Å²) in [4.78, 5) is 11.6. The van der Waals surface area contributed by atoms with E-state index < -0.39 is 0 Å². The van der Waals surface area contributed by atoms with Gasteiger partial charge in [-0.15, -0.1) is 0 Å². The molecule has 2 heterocycles. The maximum Gasteiger partial charge on any atom is 0.191 e. The number of aromatic nitrogens is 1. The molecule has 1 aliphatic heterocycles. The minimum Gasteiger partial charge on any atom is -0.497 e. The molecule has 0 aliphatic carbocycles. The fourth-order valence-electron chi connectivity index (χ4n) is 3.12. The molecule has 3 rings (SSSR count). The van der Waals surface area contributed by atoms with Crippen LogP contribution in [0.2, 0.25) is 0 Å². The van der Waals surface area contributed by atoms with Gasteiger partial charge in [0.15, 0.2) is 5.96 Å². The molecule has 2 N–H and O–H groups in total. The molecule has 0 atom stereocenters. The Hall–Kier alpha value is -2.76. The summed E-state index contributed by atoms with van der Waals surface area (Å²) < 4.78 is 5.20. The van der Waals surface area contributed by atoms with Crippen LogP contribution < -0.4 is 20.3 Å². The first-order valence-electron chi connectivity index (χ1n) is 9.63. The molecule has 0 bridgehead atoms. The van der Waals surface area contributed by atoms with Crippen LogP contribution in [0.25, 0.3) is 0 Å². The third kappa shape index (κ3) is 5.61. The Kier molecular flexibility index (Phi) is 6.90. The number of aliphatic imine (C=N–C) groups is 1. The summed E-state index contributed by atoms with van der Waals surface area (Å²) in [6.45, 7) is 6.44. The van der Waals surface area contributed by atoms with E-state index in [4.69, 9.17) is 9.73 Å². The molecular formula is C21H29N5O. The van der Waals surface area contributed by atoms with E-state index >= 15 is 0 Å². The van der Waals surface area contributed by atoms with Gasteiger partial charge in [0.1, 0.15) is 11.6 Å². The van der Waals surface area contributed by atoms with E-state index in [1.165, 1.54) is 24.0 Å². The van der Waals surface area contributed by atoms with Gasteiger partial charge in [-0.1, -0.05) is 12.1 Å². The first-order valence-corrected chi connectivity index (χ1v) is 9.63. The quantitative estimate of drug-likeness (QED) is 0.582. The Morgan fingerprint density at radius 3 is 2.59 bits per heavy atom. The number of hydrogen-bond donors (Lipinski definition) is 2. The zero-order chi connectivity index (χ0) is 18.9. The monoisotopic (exact) mass is 367 g/mol. The Bertz CT molecular complexity index is 738. The Morgan fingerprint density at radius 2 is 1.89 bits per heavy atom. The van der Waals surface area contributed by atoms with Crippen LogP contribution >= 0.6 is 0 Å². The molecular weight excluding hydrogens is 338 g/mol. The predicted molar refractivity (Wildman–Crippen MR) is 110 cm³/mol. The molecule has 144 valence electrons. The topological polar surface area (TPSA) is 61.8 Å². The van der Waals surface area contributed by atoms with Crippen molar-refractivity contribution in [2.75, 3.05) is 31.6 Å². The highest BCUT2D eigenvalue weighted by Crippen LogP contribution is 2.18. The van der Waals surface area contributed by atoms with Crippen molar-refractivity contribution < 1.29 is 4.74 Å². The van der Waals surface area contributed by atoms with Crippen molar-refractivity contribution in [2.45, 2.75) is 32.9 Å². The minimum atomic E-state index is 0.626. The lowest BCUT2D eigenvalue weighted by atomic mass is 10.2. The summed E-state index contributed by atoms with van der Waals surface area (Å²) in [6.07, 6.45) is 4.39. The first kappa shape index (κ1) is 19.0. The number of rotatable bonds is 7. The average molecular weight is 367 g/mol. The molecule has 1 aromatic heterocycles. The molecule has 1 saturated heterocycles. The number of pyridine rings is 1. The summed E-state index contributed by atoms with van der Waals surface area (Å²) in [5, 5.41) is 6.69. The molecule has 0 amide bonds. The van der Waals surface area contributed by atoms with Crippen molar-refractivity contribution >= 4 is 11.8 Å². The van der Waals surface area contributed by atoms with Crippen LogP contribution in [-0.4, -0.2) is 37.7 Å². The van der Waals surface area contributed by atoms with Crippen molar-refractivity contribution in [1.29, 1.82) is 0 Å². The van der Waals surface area contributed by atoms with E-state index in [9.17, 15) is 0 Å². The van der Waals surface area contributed by atoms with Gasteiger partial charge in [-0.05, 0) is 55.2 Å². The van der Waals surface area contributed by atoms with Gasteiger partial charge in [-0.25, -0.2) is 9.98 Å². The summed E-state index contributed by atoms with van der Waals surface area (Å²) in [6, 6.07) is 12.2. The molecule has 1 fully saturated rings. The van der Waals surface area contributed by atoms with Crippen molar-refractivity contribution in [3.05, 3.63) is 53.7 Å². The Morgan fingerprint density at radius 1 is 1.11 bits per heavy atom. The van der Waals surface area contributed by atoms with Crippen LogP contribution in [0.3, 0.4) is 0 Å². The van der Waals surface area contributed by atoms with Crippen molar-refractivity contribution in [2.24, 2.45) is 4.99 Å². The highest BCUT2D eigenvalue weighted by atomic mass is 16.5. The molecule has 1 aromatic carbocycles. The van der Waals surface area contributed by atoms with E-state index in [-0.39, 0.29) is 0 Å². The maximum absolute atomic E-state index is 5.20. The fourth-order valence-corrected chi connectivity index (χ4v) is 3.12. The molecule has 6 heteroatoms. The lowest BCUT2D eigenvalue weighted by Crippen LogP contribution is -2.36. The average Bonchev–Trinajstić information content (AvgIpc) is 3.26. The number of hydrogen-bond acceptors (Lipinski definition) is 4. The zero-order valence-electron chi connectivity index (χ0n) is 16.2. The van der Waals surface area contributed by atoms with Gasteiger partial charge < -0.3 is 20.3 Å². The third-order valence-corrected chi connectivity index (χ3v) is 4.62.